The number of carbonyl (C=O) groups is 1. The van der Waals surface area contributed by atoms with Gasteiger partial charge in [-0.3, -0.25) is 4.79 Å². The summed E-state index contributed by atoms with van der Waals surface area (Å²) >= 11 is 0. The molecule has 0 aliphatic carbocycles. The third kappa shape index (κ3) is 33.1. The maximum atomic E-state index is 13.3. The van der Waals surface area contributed by atoms with E-state index in [1.54, 1.807) is 0 Å². The molecule has 1 amide bonds. The smallest absolute Gasteiger partial charge is 0.220 e. The van der Waals surface area contributed by atoms with E-state index in [9.17, 15) is 45.6 Å². The molecule has 446 valence electrons. The fourth-order valence-electron chi connectivity index (χ4n) is 10.3. The van der Waals surface area contributed by atoms with E-state index in [4.69, 9.17) is 18.9 Å². The summed E-state index contributed by atoms with van der Waals surface area (Å²) in [7, 11) is 0. The van der Waals surface area contributed by atoms with Crippen LogP contribution in [0.25, 0.3) is 0 Å². The largest absolute Gasteiger partial charge is 0.394 e. The lowest BCUT2D eigenvalue weighted by molar-refractivity contribution is -0.359. The van der Waals surface area contributed by atoms with Crippen molar-refractivity contribution in [3.05, 3.63) is 36.5 Å². The molecule has 14 nitrogen and oxygen atoms in total. The van der Waals surface area contributed by atoms with Crippen LogP contribution in [0.15, 0.2) is 36.5 Å². The normalized spacial score (nSPS) is 25.1. The Hall–Kier alpha value is -1.79. The Morgan fingerprint density at radius 3 is 1.33 bits per heavy atom. The van der Waals surface area contributed by atoms with Crippen molar-refractivity contribution >= 4 is 5.91 Å². The highest BCUT2D eigenvalue weighted by Crippen LogP contribution is 2.30. The third-order valence-corrected chi connectivity index (χ3v) is 15.4. The van der Waals surface area contributed by atoms with Gasteiger partial charge in [-0.25, -0.2) is 0 Å². The highest BCUT2D eigenvalue weighted by molar-refractivity contribution is 5.76. The maximum absolute atomic E-state index is 13.3. The minimum atomic E-state index is -1.78. The van der Waals surface area contributed by atoms with E-state index >= 15 is 0 Å². The first-order valence-corrected chi connectivity index (χ1v) is 31.2. The van der Waals surface area contributed by atoms with Crippen LogP contribution in [-0.2, 0) is 23.7 Å². The first kappa shape index (κ1) is 70.3. The molecule has 2 fully saturated rings. The van der Waals surface area contributed by atoms with E-state index in [1.165, 1.54) is 167 Å². The Labute approximate surface area is 461 Å². The lowest BCUT2D eigenvalue weighted by atomic mass is 9.97. The fourth-order valence-corrected chi connectivity index (χ4v) is 10.3. The van der Waals surface area contributed by atoms with Gasteiger partial charge in [0.05, 0.1) is 32.0 Å². The third-order valence-electron chi connectivity index (χ3n) is 15.4. The Morgan fingerprint density at radius 1 is 0.474 bits per heavy atom. The predicted molar refractivity (Wildman–Crippen MR) is 305 cm³/mol. The Balaban J connectivity index is 1.67. The first-order chi connectivity index (χ1) is 37.1. The SMILES string of the molecule is CCCCCCC/C=C\C/C=C\C/C=C\CCCCCCCCCCCCCCCCC(=O)NC(COC1OC(CO)C(OC2OC(CO)C(O)C(O)C2O)C(O)C1O)C(O)CCCCCCCCCCCCCCC. The van der Waals surface area contributed by atoms with Crippen LogP contribution in [0.2, 0.25) is 0 Å². The number of hydrogen-bond acceptors (Lipinski definition) is 13. The summed E-state index contributed by atoms with van der Waals surface area (Å²) in [5.74, 6) is -0.206. The van der Waals surface area contributed by atoms with Crippen molar-refractivity contribution in [1.29, 1.82) is 0 Å². The topological polar surface area (TPSA) is 228 Å². The number of hydrogen-bond donors (Lipinski definition) is 9. The van der Waals surface area contributed by atoms with Crippen molar-refractivity contribution < 1.29 is 64.6 Å². The quantitative estimate of drug-likeness (QED) is 0.0204. The Bertz CT molecular complexity index is 1410. The van der Waals surface area contributed by atoms with Crippen molar-refractivity contribution in [1.82, 2.24) is 5.32 Å². The zero-order valence-corrected chi connectivity index (χ0v) is 48.0. The number of aliphatic hydroxyl groups is 8. The monoisotopic (exact) mass is 1080 g/mol. The summed E-state index contributed by atoms with van der Waals surface area (Å²) in [4.78, 5) is 13.3. The van der Waals surface area contributed by atoms with Gasteiger partial charge in [-0.2, -0.15) is 0 Å². The molecule has 2 saturated heterocycles. The van der Waals surface area contributed by atoms with Gasteiger partial charge in [0.15, 0.2) is 12.6 Å². The minimum Gasteiger partial charge on any atom is -0.394 e. The van der Waals surface area contributed by atoms with E-state index < -0.39 is 86.8 Å². The van der Waals surface area contributed by atoms with Gasteiger partial charge in [0, 0.05) is 6.42 Å². The average molecular weight is 1080 g/mol. The molecule has 0 saturated carbocycles. The second kappa shape index (κ2) is 48.0. The molecule has 2 rings (SSSR count). The van der Waals surface area contributed by atoms with E-state index in [0.717, 1.165) is 64.2 Å². The van der Waals surface area contributed by atoms with Gasteiger partial charge >= 0.3 is 0 Å². The van der Waals surface area contributed by atoms with Gasteiger partial charge in [-0.05, 0) is 51.4 Å². The number of amides is 1. The number of nitrogens with one attached hydrogen (secondary N) is 1. The number of allylic oxidation sites excluding steroid dienone is 6. The molecular weight excluding hydrogens is 967 g/mol. The van der Waals surface area contributed by atoms with Crippen molar-refractivity contribution in [3.63, 3.8) is 0 Å². The summed E-state index contributed by atoms with van der Waals surface area (Å²) in [6.07, 6.45) is 41.5. The zero-order chi connectivity index (χ0) is 55.3. The molecule has 0 bridgehead atoms. The van der Waals surface area contributed by atoms with Crippen molar-refractivity contribution in [3.8, 4) is 0 Å². The summed E-state index contributed by atoms with van der Waals surface area (Å²) in [5.41, 5.74) is 0. The fraction of sp³-hybridized carbons (Fsp3) is 0.887. The van der Waals surface area contributed by atoms with Gasteiger partial charge in [0.1, 0.15) is 48.8 Å². The predicted octanol–water partition coefficient (Wildman–Crippen LogP) is 11.0. The summed E-state index contributed by atoms with van der Waals surface area (Å²) < 4.78 is 22.8. The van der Waals surface area contributed by atoms with E-state index in [0.29, 0.717) is 12.8 Å². The number of unbranched alkanes of at least 4 members (excludes halogenated alkanes) is 31. The van der Waals surface area contributed by atoms with Crippen LogP contribution < -0.4 is 5.32 Å². The zero-order valence-electron chi connectivity index (χ0n) is 48.0. The minimum absolute atomic E-state index is 0.206. The molecule has 14 heteroatoms. The van der Waals surface area contributed by atoms with Crippen LogP contribution in [0.5, 0.6) is 0 Å². The standard InChI is InChI=1S/C62H115NO13/c1-3-5-7-9-11-13-15-17-18-19-20-21-22-23-24-25-26-27-28-29-30-31-32-34-36-38-40-42-44-46-54(67)63-50(51(66)45-43-41-39-37-35-33-16-14-12-10-8-6-4-2)49-73-61-59(72)57(70)60(53(48-65)75-61)76-62-58(71)56(69)55(68)52(47-64)74-62/h15,17,19-20,22-23,50-53,55-62,64-66,68-72H,3-14,16,18,21,24-49H2,1-2H3,(H,63,67)/b17-15-,20-19-,23-22-. The highest BCUT2D eigenvalue weighted by atomic mass is 16.7. The average Bonchev–Trinajstić information content (AvgIpc) is 3.42. The Morgan fingerprint density at radius 2 is 0.868 bits per heavy atom. The number of carbonyl (C=O) groups excluding carboxylic acids is 1. The van der Waals surface area contributed by atoms with E-state index in [2.05, 4.69) is 55.6 Å². The molecule has 9 N–H and O–H groups in total. The van der Waals surface area contributed by atoms with Gasteiger partial charge < -0.3 is 65.1 Å². The second-order valence-corrected chi connectivity index (χ2v) is 22.2. The van der Waals surface area contributed by atoms with Crippen LogP contribution >= 0.6 is 0 Å². The molecule has 76 heavy (non-hydrogen) atoms. The number of ether oxygens (including phenoxy) is 4. The molecule has 0 aromatic rings. The molecule has 2 aliphatic rings. The Kier molecular flexibility index (Phi) is 44.4. The molecule has 0 radical (unpaired) electrons. The molecule has 0 spiro atoms. The summed E-state index contributed by atoms with van der Waals surface area (Å²) in [5, 5.41) is 87.2. The molecular formula is C62H115NO13. The molecule has 12 unspecified atom stereocenters. The summed E-state index contributed by atoms with van der Waals surface area (Å²) in [6.45, 7) is 2.86. The van der Waals surface area contributed by atoms with Crippen LogP contribution in [-0.4, -0.2) is 140 Å². The molecule has 2 heterocycles. The molecule has 2 aliphatic heterocycles. The van der Waals surface area contributed by atoms with Crippen molar-refractivity contribution in [2.75, 3.05) is 19.8 Å². The lowest BCUT2D eigenvalue weighted by Gasteiger charge is -2.46. The molecule has 0 aromatic carbocycles. The van der Waals surface area contributed by atoms with E-state index in [-0.39, 0.29) is 12.5 Å². The van der Waals surface area contributed by atoms with E-state index in [1.807, 2.05) is 0 Å². The lowest BCUT2D eigenvalue weighted by Crippen LogP contribution is -2.65. The maximum Gasteiger partial charge on any atom is 0.220 e. The summed E-state index contributed by atoms with van der Waals surface area (Å²) in [6, 6.07) is -0.828. The highest BCUT2D eigenvalue weighted by Gasteiger charge is 2.51. The van der Waals surface area contributed by atoms with Gasteiger partial charge in [-0.15, -0.1) is 0 Å². The van der Waals surface area contributed by atoms with Crippen LogP contribution in [0.1, 0.15) is 258 Å². The number of aliphatic hydroxyl groups excluding tert-OH is 8. The van der Waals surface area contributed by atoms with Crippen molar-refractivity contribution in [2.24, 2.45) is 0 Å². The van der Waals surface area contributed by atoms with Gasteiger partial charge in [0.2, 0.25) is 5.91 Å². The number of rotatable bonds is 50. The van der Waals surface area contributed by atoms with Gasteiger partial charge in [0.25, 0.3) is 0 Å². The molecule has 12 atom stereocenters. The van der Waals surface area contributed by atoms with Gasteiger partial charge in [-0.1, -0.05) is 237 Å². The first-order valence-electron chi connectivity index (χ1n) is 31.2. The van der Waals surface area contributed by atoms with Crippen LogP contribution in [0.3, 0.4) is 0 Å². The molecule has 0 aromatic heterocycles. The van der Waals surface area contributed by atoms with Crippen molar-refractivity contribution in [2.45, 2.75) is 331 Å². The van der Waals surface area contributed by atoms with Crippen LogP contribution in [0, 0.1) is 0 Å². The van der Waals surface area contributed by atoms with Crippen LogP contribution in [0.4, 0.5) is 0 Å². The second-order valence-electron chi connectivity index (χ2n) is 22.2.